The number of carboxylic acids is 1. The second-order valence-corrected chi connectivity index (χ2v) is 4.22. The second kappa shape index (κ2) is 5.35. The number of carboxylic acid groups (broad SMARTS) is 1. The van der Waals surface area contributed by atoms with Gasteiger partial charge in [0.25, 0.3) is 0 Å². The fourth-order valence-electron chi connectivity index (χ4n) is 1.94. The van der Waals surface area contributed by atoms with Crippen molar-refractivity contribution in [2.45, 2.75) is 45.6 Å². The van der Waals surface area contributed by atoms with Gasteiger partial charge in [-0.25, -0.2) is 0 Å². The van der Waals surface area contributed by atoms with E-state index in [1.54, 1.807) is 0 Å². The Morgan fingerprint density at radius 3 is 2.43 bits per heavy atom. The summed E-state index contributed by atoms with van der Waals surface area (Å²) >= 11 is 0. The van der Waals surface area contributed by atoms with Crippen LogP contribution in [0.25, 0.3) is 0 Å². The zero-order chi connectivity index (χ0) is 10.6. The maximum atomic E-state index is 10.7. The molecule has 0 aromatic heterocycles. The highest BCUT2D eigenvalue weighted by Gasteiger charge is 2.36. The summed E-state index contributed by atoms with van der Waals surface area (Å²) < 4.78 is 0. The standard InChI is InChI=1S/C11H21NO2/c1-3-8(4-2)7-12-10-6-5-9(10)11(13)14/h8-10,12H,3-7H2,1-2H3,(H,13,14). The quantitative estimate of drug-likeness (QED) is 0.686. The molecule has 82 valence electrons. The number of aliphatic carboxylic acids is 1. The average molecular weight is 199 g/mol. The van der Waals surface area contributed by atoms with Crippen LogP contribution >= 0.6 is 0 Å². The van der Waals surface area contributed by atoms with Gasteiger partial charge in [-0.05, 0) is 25.3 Å². The van der Waals surface area contributed by atoms with E-state index in [4.69, 9.17) is 5.11 Å². The molecule has 1 aliphatic carbocycles. The molecule has 1 rings (SSSR count). The van der Waals surface area contributed by atoms with Crippen LogP contribution in [-0.2, 0) is 4.79 Å². The molecule has 0 spiro atoms. The van der Waals surface area contributed by atoms with Crippen molar-refractivity contribution in [1.29, 1.82) is 0 Å². The third kappa shape index (κ3) is 2.71. The highest BCUT2D eigenvalue weighted by atomic mass is 16.4. The fraction of sp³-hybridized carbons (Fsp3) is 0.909. The van der Waals surface area contributed by atoms with Crippen LogP contribution < -0.4 is 5.32 Å². The first-order valence-corrected chi connectivity index (χ1v) is 5.65. The summed E-state index contributed by atoms with van der Waals surface area (Å²) in [4.78, 5) is 10.7. The monoisotopic (exact) mass is 199 g/mol. The zero-order valence-corrected chi connectivity index (χ0v) is 9.12. The maximum Gasteiger partial charge on any atom is 0.308 e. The summed E-state index contributed by atoms with van der Waals surface area (Å²) in [5.41, 5.74) is 0. The lowest BCUT2D eigenvalue weighted by atomic mass is 9.79. The first kappa shape index (κ1) is 11.5. The van der Waals surface area contributed by atoms with Crippen molar-refractivity contribution in [3.05, 3.63) is 0 Å². The molecule has 0 radical (unpaired) electrons. The minimum Gasteiger partial charge on any atom is -0.481 e. The van der Waals surface area contributed by atoms with E-state index in [-0.39, 0.29) is 12.0 Å². The van der Waals surface area contributed by atoms with E-state index in [1.807, 2.05) is 0 Å². The van der Waals surface area contributed by atoms with Crippen LogP contribution in [0.2, 0.25) is 0 Å². The van der Waals surface area contributed by atoms with Crippen molar-refractivity contribution >= 4 is 5.97 Å². The second-order valence-electron chi connectivity index (χ2n) is 4.22. The Balaban J connectivity index is 2.21. The van der Waals surface area contributed by atoms with Crippen molar-refractivity contribution in [2.75, 3.05) is 6.54 Å². The highest BCUT2D eigenvalue weighted by molar-refractivity contribution is 5.72. The van der Waals surface area contributed by atoms with Gasteiger partial charge in [-0.1, -0.05) is 26.7 Å². The van der Waals surface area contributed by atoms with Gasteiger partial charge in [0.1, 0.15) is 0 Å². The Morgan fingerprint density at radius 1 is 1.43 bits per heavy atom. The first-order chi connectivity index (χ1) is 6.69. The summed E-state index contributed by atoms with van der Waals surface area (Å²) in [6.45, 7) is 5.35. The van der Waals surface area contributed by atoms with Crippen LogP contribution in [0.1, 0.15) is 39.5 Å². The lowest BCUT2D eigenvalue weighted by Gasteiger charge is -2.35. The summed E-state index contributed by atoms with van der Waals surface area (Å²) in [6.07, 6.45) is 4.22. The van der Waals surface area contributed by atoms with Gasteiger partial charge in [0.15, 0.2) is 0 Å². The zero-order valence-electron chi connectivity index (χ0n) is 9.12. The smallest absolute Gasteiger partial charge is 0.308 e. The Labute approximate surface area is 85.9 Å². The Hall–Kier alpha value is -0.570. The topological polar surface area (TPSA) is 49.3 Å². The van der Waals surface area contributed by atoms with E-state index >= 15 is 0 Å². The minimum atomic E-state index is -0.640. The Morgan fingerprint density at radius 2 is 2.07 bits per heavy atom. The summed E-state index contributed by atoms with van der Waals surface area (Å²) in [5, 5.41) is 12.2. The van der Waals surface area contributed by atoms with E-state index < -0.39 is 5.97 Å². The van der Waals surface area contributed by atoms with Crippen molar-refractivity contribution in [3.8, 4) is 0 Å². The molecular formula is C11H21NO2. The number of nitrogens with one attached hydrogen (secondary N) is 1. The van der Waals surface area contributed by atoms with Gasteiger partial charge >= 0.3 is 5.97 Å². The molecule has 3 nitrogen and oxygen atoms in total. The van der Waals surface area contributed by atoms with Crippen LogP contribution in [0, 0.1) is 11.8 Å². The molecule has 0 amide bonds. The van der Waals surface area contributed by atoms with E-state index in [0.717, 1.165) is 19.4 Å². The Kier molecular flexibility index (Phi) is 4.39. The van der Waals surface area contributed by atoms with Gasteiger partial charge in [0.05, 0.1) is 5.92 Å². The molecule has 2 atom stereocenters. The largest absolute Gasteiger partial charge is 0.481 e. The maximum absolute atomic E-state index is 10.7. The van der Waals surface area contributed by atoms with Crippen LogP contribution in [0.4, 0.5) is 0 Å². The molecule has 1 aliphatic rings. The Bertz CT molecular complexity index is 190. The van der Waals surface area contributed by atoms with Gasteiger partial charge in [-0.2, -0.15) is 0 Å². The number of hydrogen-bond acceptors (Lipinski definition) is 2. The molecule has 2 N–H and O–H groups in total. The van der Waals surface area contributed by atoms with Gasteiger partial charge in [-0.15, -0.1) is 0 Å². The van der Waals surface area contributed by atoms with Gasteiger partial charge in [0.2, 0.25) is 0 Å². The lowest BCUT2D eigenvalue weighted by Crippen LogP contribution is -2.48. The fourth-order valence-corrected chi connectivity index (χ4v) is 1.94. The predicted molar refractivity (Wildman–Crippen MR) is 56.2 cm³/mol. The third-order valence-electron chi connectivity index (χ3n) is 3.41. The summed E-state index contributed by atoms with van der Waals surface area (Å²) in [6, 6.07) is 0.230. The molecule has 0 aliphatic heterocycles. The lowest BCUT2D eigenvalue weighted by molar-refractivity contribution is -0.146. The first-order valence-electron chi connectivity index (χ1n) is 5.65. The van der Waals surface area contributed by atoms with Crippen molar-refractivity contribution in [2.24, 2.45) is 11.8 Å². The summed E-state index contributed by atoms with van der Waals surface area (Å²) in [7, 11) is 0. The van der Waals surface area contributed by atoms with E-state index in [1.165, 1.54) is 12.8 Å². The predicted octanol–water partition coefficient (Wildman–Crippen LogP) is 1.88. The normalized spacial score (nSPS) is 26.2. The molecule has 3 heteroatoms. The number of rotatable bonds is 6. The molecule has 0 heterocycles. The third-order valence-corrected chi connectivity index (χ3v) is 3.41. The van der Waals surface area contributed by atoms with Gasteiger partial charge in [-0.3, -0.25) is 4.79 Å². The molecule has 0 saturated heterocycles. The van der Waals surface area contributed by atoms with Crippen molar-refractivity contribution in [1.82, 2.24) is 5.32 Å². The molecule has 1 saturated carbocycles. The number of carbonyl (C=O) groups is 1. The molecule has 14 heavy (non-hydrogen) atoms. The van der Waals surface area contributed by atoms with Crippen LogP contribution in [0.15, 0.2) is 0 Å². The average Bonchev–Trinajstić information content (AvgIpc) is 2.09. The van der Waals surface area contributed by atoms with E-state index in [9.17, 15) is 4.79 Å². The van der Waals surface area contributed by atoms with E-state index in [2.05, 4.69) is 19.2 Å². The van der Waals surface area contributed by atoms with Crippen molar-refractivity contribution < 1.29 is 9.90 Å². The number of hydrogen-bond donors (Lipinski definition) is 2. The van der Waals surface area contributed by atoms with Crippen molar-refractivity contribution in [3.63, 3.8) is 0 Å². The SMILES string of the molecule is CCC(CC)CNC1CCC1C(=O)O. The highest BCUT2D eigenvalue weighted by Crippen LogP contribution is 2.27. The van der Waals surface area contributed by atoms with Crippen LogP contribution in [0.5, 0.6) is 0 Å². The van der Waals surface area contributed by atoms with Crippen LogP contribution in [-0.4, -0.2) is 23.7 Å². The minimum absolute atomic E-state index is 0.135. The molecular weight excluding hydrogens is 178 g/mol. The molecule has 0 aromatic carbocycles. The van der Waals surface area contributed by atoms with E-state index in [0.29, 0.717) is 5.92 Å². The van der Waals surface area contributed by atoms with Gasteiger partial charge < -0.3 is 10.4 Å². The molecule has 2 unspecified atom stereocenters. The molecule has 0 aromatic rings. The molecule has 0 bridgehead atoms. The van der Waals surface area contributed by atoms with Gasteiger partial charge in [0, 0.05) is 6.04 Å². The summed E-state index contributed by atoms with van der Waals surface area (Å²) in [5.74, 6) is -0.0762. The van der Waals surface area contributed by atoms with Crippen LogP contribution in [0.3, 0.4) is 0 Å². The molecule has 1 fully saturated rings.